The fraction of sp³-hybridized carbons (Fsp3) is 0.429. The summed E-state index contributed by atoms with van der Waals surface area (Å²) >= 11 is 3.44. The maximum absolute atomic E-state index is 7.88. The van der Waals surface area contributed by atoms with Crippen LogP contribution in [0.15, 0.2) is 15.9 Å². The highest BCUT2D eigenvalue weighted by molar-refractivity contribution is 9.10. The Hall–Kier alpha value is 0.180. The highest BCUT2D eigenvalue weighted by Gasteiger charge is 2.00. The van der Waals surface area contributed by atoms with Crippen LogP contribution < -0.4 is 0 Å². The number of rotatable bonds is 1. The van der Waals surface area contributed by atoms with Crippen molar-refractivity contribution < 1.29 is 12.3 Å². The molecule has 0 bridgehead atoms. The van der Waals surface area contributed by atoms with Gasteiger partial charge in [-0.15, -0.1) is 11.3 Å². The van der Waals surface area contributed by atoms with Crippen molar-refractivity contribution in [1.29, 1.82) is 0 Å². The summed E-state index contributed by atoms with van der Waals surface area (Å²) in [6, 6.07) is -0.424. The molecule has 0 atom stereocenters. The topological polar surface area (TPSA) is 0 Å². The van der Waals surface area contributed by atoms with E-state index in [2.05, 4.69) is 15.9 Å². The molecule has 50 valence electrons. The largest absolute Gasteiger partial charge is 0.147 e. The van der Waals surface area contributed by atoms with Gasteiger partial charge in [0.1, 0.15) is 0 Å². The van der Waals surface area contributed by atoms with Crippen molar-refractivity contribution >= 4 is 27.3 Å². The third kappa shape index (κ3) is 1.80. The van der Waals surface area contributed by atoms with Crippen LogP contribution in [0.3, 0.4) is 0 Å². The first-order valence-electron chi connectivity index (χ1n) is 6.60. The van der Waals surface area contributed by atoms with E-state index < -0.39 is 30.5 Å². The minimum atomic E-state index is -3.12. The van der Waals surface area contributed by atoms with E-state index in [-0.39, 0.29) is 9.83 Å². The van der Waals surface area contributed by atoms with E-state index in [1.165, 1.54) is 0 Å². The average molecular weight is 214 g/mol. The molecule has 9 heavy (non-hydrogen) atoms. The Kier molecular flexibility index (Phi) is 0.587. The molecule has 0 radical (unpaired) electrons. The molecule has 0 N–H and O–H groups in total. The smallest absolute Gasteiger partial charge is 0.0752 e. The van der Waals surface area contributed by atoms with Crippen molar-refractivity contribution in [3.63, 3.8) is 0 Å². The normalized spacial score (nSPS) is 29.2. The molecule has 0 aliphatic carbocycles. The molecule has 0 spiro atoms. The molecule has 0 fully saturated rings. The van der Waals surface area contributed by atoms with Crippen LogP contribution in [0.1, 0.15) is 36.8 Å². The molecule has 0 unspecified atom stereocenters. The zero-order valence-corrected chi connectivity index (χ0v) is 6.69. The Morgan fingerprint density at radius 3 is 3.22 bits per heavy atom. The Morgan fingerprint density at radius 1 is 2.00 bits per heavy atom. The van der Waals surface area contributed by atoms with E-state index >= 15 is 0 Å². The van der Waals surface area contributed by atoms with Gasteiger partial charge in [0.25, 0.3) is 0 Å². The summed E-state index contributed by atoms with van der Waals surface area (Å²) in [6.45, 7) is -6.24. The Morgan fingerprint density at radius 2 is 2.78 bits per heavy atom. The van der Waals surface area contributed by atoms with Gasteiger partial charge in [-0.2, -0.15) is 0 Å². The van der Waals surface area contributed by atoms with Crippen molar-refractivity contribution in [3.8, 4) is 0 Å². The van der Waals surface area contributed by atoms with Gasteiger partial charge in [-0.25, -0.2) is 0 Å². The van der Waals surface area contributed by atoms with Gasteiger partial charge >= 0.3 is 0 Å². The van der Waals surface area contributed by atoms with Crippen LogP contribution in [-0.2, 0) is 0 Å². The standard InChI is InChI=1S/C7H9BrS/c1-5(2)7-3-6(8)4-9-7/h3-5H,1-2H3/i1D3,2D3,3D,4D,5D. The maximum atomic E-state index is 7.88. The first-order valence-corrected chi connectivity index (χ1v) is 3.71. The lowest BCUT2D eigenvalue weighted by atomic mass is 10.2. The minimum Gasteiger partial charge on any atom is -0.147 e. The summed E-state index contributed by atoms with van der Waals surface area (Å²) in [7, 11) is 0. The van der Waals surface area contributed by atoms with E-state index in [0.717, 1.165) is 0 Å². The van der Waals surface area contributed by atoms with Crippen LogP contribution in [0, 0.1) is 0 Å². The lowest BCUT2D eigenvalue weighted by molar-refractivity contribution is 0.889. The fourth-order valence-corrected chi connectivity index (χ4v) is 1.43. The van der Waals surface area contributed by atoms with E-state index in [1.54, 1.807) is 0 Å². The number of thiophene rings is 1. The third-order valence-electron chi connectivity index (χ3n) is 0.693. The SMILES string of the molecule is [2H]c1sc(C([2H])(C([2H])([2H])[2H])C([2H])([2H])[2H])c([2H])c1Br. The second-order valence-corrected chi connectivity index (χ2v) is 2.96. The van der Waals surface area contributed by atoms with Gasteiger partial charge in [0, 0.05) is 24.3 Å². The Balaban J connectivity index is 3.61. The zero-order valence-electron chi connectivity index (χ0n) is 13.3. The van der Waals surface area contributed by atoms with Crippen molar-refractivity contribution in [2.75, 3.05) is 0 Å². The van der Waals surface area contributed by atoms with E-state index in [9.17, 15) is 0 Å². The summed E-state index contributed by atoms with van der Waals surface area (Å²) in [4.78, 5) is -0.445. The first-order chi connectivity index (χ1) is 7.84. The van der Waals surface area contributed by atoms with Crippen molar-refractivity contribution in [2.45, 2.75) is 19.6 Å². The molecule has 0 aliphatic heterocycles. The summed E-state index contributed by atoms with van der Waals surface area (Å²) in [5.74, 6) is -2.90. The van der Waals surface area contributed by atoms with Crippen LogP contribution >= 0.6 is 27.3 Å². The molecular formula is C7H9BrS. The van der Waals surface area contributed by atoms with Crippen LogP contribution in [-0.4, -0.2) is 0 Å². The molecule has 0 aliphatic rings. The van der Waals surface area contributed by atoms with Gasteiger partial charge in [0.15, 0.2) is 0 Å². The first kappa shape index (κ1) is 1.86. The summed E-state index contributed by atoms with van der Waals surface area (Å²) in [5.41, 5.74) is 0. The van der Waals surface area contributed by atoms with Crippen LogP contribution in [0.5, 0.6) is 0 Å². The minimum absolute atomic E-state index is 0.00706. The van der Waals surface area contributed by atoms with E-state index in [4.69, 9.17) is 12.3 Å². The molecule has 0 amide bonds. The summed E-state index contributed by atoms with van der Waals surface area (Å²) < 4.78 is 66.7. The predicted octanol–water partition coefficient (Wildman–Crippen LogP) is 3.63. The van der Waals surface area contributed by atoms with Gasteiger partial charge in [0.2, 0.25) is 0 Å². The molecule has 1 rings (SSSR count). The number of hydrogen-bond acceptors (Lipinski definition) is 1. The molecule has 1 heterocycles. The van der Waals surface area contributed by atoms with Crippen molar-refractivity contribution in [3.05, 3.63) is 20.7 Å². The molecule has 1 aromatic heterocycles. The van der Waals surface area contributed by atoms with Crippen LogP contribution in [0.25, 0.3) is 0 Å². The van der Waals surface area contributed by atoms with E-state index in [0.29, 0.717) is 11.3 Å². The molecule has 0 saturated carbocycles. The number of hydrogen-bond donors (Lipinski definition) is 0. The quantitative estimate of drug-likeness (QED) is 0.669. The highest BCUT2D eigenvalue weighted by Crippen LogP contribution is 2.25. The molecule has 2 heteroatoms. The van der Waals surface area contributed by atoms with Gasteiger partial charge in [-0.05, 0) is 27.9 Å². The fourth-order valence-electron chi connectivity index (χ4n) is 0.360. The summed E-state index contributed by atoms with van der Waals surface area (Å²) in [6.07, 6.45) is 0. The zero-order chi connectivity index (χ0) is 14.5. The summed E-state index contributed by atoms with van der Waals surface area (Å²) in [5, 5.41) is -0.167. The Labute approximate surface area is 80.7 Å². The third-order valence-corrected chi connectivity index (χ3v) is 2.17. The molecule has 0 nitrogen and oxygen atoms in total. The predicted molar refractivity (Wildman–Crippen MR) is 46.1 cm³/mol. The number of halogens is 1. The lowest BCUT2D eigenvalue weighted by Crippen LogP contribution is -1.77. The molecule has 1 aromatic rings. The lowest BCUT2D eigenvalue weighted by Gasteiger charge is -1.95. The van der Waals surface area contributed by atoms with Gasteiger partial charge in [0.05, 0.1) is 2.74 Å². The second-order valence-electron chi connectivity index (χ2n) is 1.35. The monoisotopic (exact) mass is 213 g/mol. The van der Waals surface area contributed by atoms with Crippen molar-refractivity contribution in [2.24, 2.45) is 0 Å². The molecule has 0 saturated heterocycles. The van der Waals surface area contributed by atoms with Gasteiger partial charge < -0.3 is 0 Å². The maximum Gasteiger partial charge on any atom is 0.0752 e. The molecular weight excluding hydrogens is 196 g/mol. The Bertz CT molecular complexity index is 443. The highest BCUT2D eigenvalue weighted by atomic mass is 79.9. The second kappa shape index (κ2) is 2.84. The molecule has 0 aromatic carbocycles. The van der Waals surface area contributed by atoms with Gasteiger partial charge in [-0.1, -0.05) is 13.7 Å². The van der Waals surface area contributed by atoms with Gasteiger partial charge in [-0.3, -0.25) is 0 Å². The average Bonchev–Trinajstić information content (AvgIpc) is 2.41. The van der Waals surface area contributed by atoms with Crippen molar-refractivity contribution in [1.82, 2.24) is 0 Å². The van der Waals surface area contributed by atoms with Crippen LogP contribution in [0.2, 0.25) is 0 Å². The van der Waals surface area contributed by atoms with Crippen LogP contribution in [0.4, 0.5) is 0 Å². The van der Waals surface area contributed by atoms with E-state index in [1.807, 2.05) is 0 Å².